The molecule has 0 radical (unpaired) electrons. The van der Waals surface area contributed by atoms with Crippen molar-refractivity contribution in [1.82, 2.24) is 0 Å². The van der Waals surface area contributed by atoms with E-state index in [2.05, 4.69) is 15.9 Å². The lowest BCUT2D eigenvalue weighted by molar-refractivity contribution is 0.278. The molecule has 0 aliphatic heterocycles. The van der Waals surface area contributed by atoms with Gasteiger partial charge < -0.3 is 15.6 Å². The Morgan fingerprint density at radius 2 is 2.00 bits per heavy atom. The molecule has 18 heavy (non-hydrogen) atoms. The predicted molar refractivity (Wildman–Crippen MR) is 75.3 cm³/mol. The number of aliphatic hydroxyl groups excluding tert-OH is 1. The van der Waals surface area contributed by atoms with Crippen molar-refractivity contribution < 1.29 is 9.84 Å². The van der Waals surface area contributed by atoms with Crippen molar-refractivity contribution in [2.24, 2.45) is 0 Å². The summed E-state index contributed by atoms with van der Waals surface area (Å²) in [5.41, 5.74) is 8.25. The average molecular weight is 308 g/mol. The van der Waals surface area contributed by atoms with Crippen LogP contribution >= 0.6 is 15.9 Å². The van der Waals surface area contributed by atoms with Crippen LogP contribution in [-0.2, 0) is 13.2 Å². The number of hydrogen-bond donors (Lipinski definition) is 2. The lowest BCUT2D eigenvalue weighted by Gasteiger charge is -2.09. The number of aliphatic hydroxyl groups is 1. The van der Waals surface area contributed by atoms with Crippen LogP contribution in [0, 0.1) is 0 Å². The number of anilines is 1. The van der Waals surface area contributed by atoms with E-state index in [0.717, 1.165) is 21.3 Å². The summed E-state index contributed by atoms with van der Waals surface area (Å²) >= 11 is 3.45. The van der Waals surface area contributed by atoms with Crippen molar-refractivity contribution >= 4 is 21.6 Å². The molecule has 0 heterocycles. The summed E-state index contributed by atoms with van der Waals surface area (Å²) in [5, 5.41) is 9.04. The van der Waals surface area contributed by atoms with Gasteiger partial charge in [-0.3, -0.25) is 0 Å². The Morgan fingerprint density at radius 1 is 1.17 bits per heavy atom. The van der Waals surface area contributed by atoms with Gasteiger partial charge in [0.05, 0.1) is 6.61 Å². The van der Waals surface area contributed by atoms with Gasteiger partial charge in [-0.25, -0.2) is 0 Å². The van der Waals surface area contributed by atoms with Crippen LogP contribution in [0.25, 0.3) is 0 Å². The van der Waals surface area contributed by atoms with E-state index in [1.807, 2.05) is 42.5 Å². The summed E-state index contributed by atoms with van der Waals surface area (Å²) in [6, 6.07) is 13.0. The largest absolute Gasteiger partial charge is 0.489 e. The maximum absolute atomic E-state index is 9.04. The van der Waals surface area contributed by atoms with Gasteiger partial charge in [-0.05, 0) is 29.8 Å². The van der Waals surface area contributed by atoms with Crippen LogP contribution in [0.15, 0.2) is 46.9 Å². The molecule has 0 aromatic heterocycles. The van der Waals surface area contributed by atoms with Gasteiger partial charge in [0, 0.05) is 15.7 Å². The van der Waals surface area contributed by atoms with Crippen molar-refractivity contribution in [2.75, 3.05) is 5.73 Å². The van der Waals surface area contributed by atoms with Gasteiger partial charge in [-0.2, -0.15) is 0 Å². The Bertz CT molecular complexity index is 543. The number of halogens is 1. The minimum absolute atomic E-state index is 0.0166. The minimum atomic E-state index is 0.0166. The molecule has 0 atom stereocenters. The molecule has 0 bridgehead atoms. The van der Waals surface area contributed by atoms with Gasteiger partial charge in [0.1, 0.15) is 12.4 Å². The van der Waals surface area contributed by atoms with E-state index in [1.54, 1.807) is 0 Å². The summed E-state index contributed by atoms with van der Waals surface area (Å²) in [4.78, 5) is 0. The highest BCUT2D eigenvalue weighted by Gasteiger charge is 2.02. The van der Waals surface area contributed by atoms with E-state index in [-0.39, 0.29) is 6.61 Å². The van der Waals surface area contributed by atoms with Crippen molar-refractivity contribution in [3.63, 3.8) is 0 Å². The second-order valence-electron chi connectivity index (χ2n) is 3.95. The number of benzene rings is 2. The molecule has 2 aromatic rings. The lowest BCUT2D eigenvalue weighted by atomic mass is 10.2. The second-order valence-corrected chi connectivity index (χ2v) is 4.80. The van der Waals surface area contributed by atoms with Crippen LogP contribution in [0.2, 0.25) is 0 Å². The molecule has 0 saturated heterocycles. The molecule has 2 rings (SSSR count). The molecule has 3 nitrogen and oxygen atoms in total. The first kappa shape index (κ1) is 12.9. The Hall–Kier alpha value is -1.52. The molecule has 3 N–H and O–H groups in total. The Balaban J connectivity index is 2.06. The van der Waals surface area contributed by atoms with Crippen molar-refractivity contribution in [3.05, 3.63) is 58.1 Å². The maximum Gasteiger partial charge on any atom is 0.120 e. The first-order chi connectivity index (χ1) is 8.69. The third-order valence-electron chi connectivity index (χ3n) is 2.55. The van der Waals surface area contributed by atoms with E-state index >= 15 is 0 Å². The zero-order valence-electron chi connectivity index (χ0n) is 9.77. The summed E-state index contributed by atoms with van der Waals surface area (Å²) < 4.78 is 6.60. The van der Waals surface area contributed by atoms with Crippen molar-refractivity contribution in [3.8, 4) is 5.75 Å². The van der Waals surface area contributed by atoms with Crippen LogP contribution in [0.4, 0.5) is 5.69 Å². The van der Waals surface area contributed by atoms with E-state index < -0.39 is 0 Å². The summed E-state index contributed by atoms with van der Waals surface area (Å²) in [7, 11) is 0. The SMILES string of the molecule is Nc1ccc(COc2cccc(CO)c2)c(Br)c1. The van der Waals surface area contributed by atoms with E-state index in [9.17, 15) is 0 Å². The lowest BCUT2D eigenvalue weighted by Crippen LogP contribution is -1.98. The van der Waals surface area contributed by atoms with Gasteiger partial charge in [0.25, 0.3) is 0 Å². The quantitative estimate of drug-likeness (QED) is 0.853. The number of nitrogen functional groups attached to an aromatic ring is 1. The monoisotopic (exact) mass is 307 g/mol. The number of ether oxygens (including phenoxy) is 1. The van der Waals surface area contributed by atoms with Crippen LogP contribution in [-0.4, -0.2) is 5.11 Å². The van der Waals surface area contributed by atoms with E-state index in [1.165, 1.54) is 0 Å². The fraction of sp³-hybridized carbons (Fsp3) is 0.143. The zero-order valence-corrected chi connectivity index (χ0v) is 11.4. The highest BCUT2D eigenvalue weighted by molar-refractivity contribution is 9.10. The molecule has 0 aliphatic carbocycles. The molecular formula is C14H14BrNO2. The van der Waals surface area contributed by atoms with Crippen LogP contribution < -0.4 is 10.5 Å². The molecule has 94 valence electrons. The predicted octanol–water partition coefficient (Wildman–Crippen LogP) is 3.10. The molecule has 0 spiro atoms. The highest BCUT2D eigenvalue weighted by Crippen LogP contribution is 2.22. The summed E-state index contributed by atoms with van der Waals surface area (Å²) in [5.74, 6) is 0.741. The van der Waals surface area contributed by atoms with Crippen molar-refractivity contribution in [1.29, 1.82) is 0 Å². The van der Waals surface area contributed by atoms with Crippen molar-refractivity contribution in [2.45, 2.75) is 13.2 Å². The molecule has 0 amide bonds. The van der Waals surface area contributed by atoms with Gasteiger partial charge in [0.15, 0.2) is 0 Å². The third-order valence-corrected chi connectivity index (χ3v) is 3.29. The van der Waals surface area contributed by atoms with Crippen LogP contribution in [0.1, 0.15) is 11.1 Å². The standard InChI is InChI=1S/C14H14BrNO2/c15-14-7-12(16)5-4-11(14)9-18-13-3-1-2-10(6-13)8-17/h1-7,17H,8-9,16H2. The number of nitrogens with two attached hydrogens (primary N) is 1. The number of hydrogen-bond acceptors (Lipinski definition) is 3. The van der Waals surface area contributed by atoms with Crippen LogP contribution in [0.5, 0.6) is 5.75 Å². The Kier molecular flexibility index (Phi) is 4.23. The smallest absolute Gasteiger partial charge is 0.120 e. The topological polar surface area (TPSA) is 55.5 Å². The Labute approximate surface area is 114 Å². The minimum Gasteiger partial charge on any atom is -0.489 e. The normalized spacial score (nSPS) is 10.3. The second kappa shape index (κ2) is 5.89. The fourth-order valence-electron chi connectivity index (χ4n) is 1.58. The van der Waals surface area contributed by atoms with Gasteiger partial charge in [-0.1, -0.05) is 34.1 Å². The molecule has 2 aromatic carbocycles. The number of rotatable bonds is 4. The zero-order chi connectivity index (χ0) is 13.0. The van der Waals surface area contributed by atoms with E-state index in [0.29, 0.717) is 12.3 Å². The first-order valence-corrected chi connectivity index (χ1v) is 6.35. The van der Waals surface area contributed by atoms with Gasteiger partial charge in [-0.15, -0.1) is 0 Å². The summed E-state index contributed by atoms with van der Waals surface area (Å²) in [6.07, 6.45) is 0. The van der Waals surface area contributed by atoms with Crippen LogP contribution in [0.3, 0.4) is 0 Å². The van der Waals surface area contributed by atoms with E-state index in [4.69, 9.17) is 15.6 Å². The molecule has 0 saturated carbocycles. The highest BCUT2D eigenvalue weighted by atomic mass is 79.9. The van der Waals surface area contributed by atoms with Gasteiger partial charge in [0.2, 0.25) is 0 Å². The van der Waals surface area contributed by atoms with Gasteiger partial charge >= 0.3 is 0 Å². The summed E-state index contributed by atoms with van der Waals surface area (Å²) in [6.45, 7) is 0.471. The molecular weight excluding hydrogens is 294 g/mol. The molecule has 0 aliphatic rings. The maximum atomic E-state index is 9.04. The third kappa shape index (κ3) is 3.24. The molecule has 4 heteroatoms. The Morgan fingerprint density at radius 3 is 2.72 bits per heavy atom. The molecule has 0 unspecified atom stereocenters. The fourth-order valence-corrected chi connectivity index (χ4v) is 2.09. The molecule has 0 fully saturated rings. The first-order valence-electron chi connectivity index (χ1n) is 5.55. The average Bonchev–Trinajstić information content (AvgIpc) is 2.38.